The van der Waals surface area contributed by atoms with Crippen LogP contribution in [0.1, 0.15) is 30.1 Å². The molecule has 1 amide bonds. The lowest BCUT2D eigenvalue weighted by Crippen LogP contribution is -2.28. The molecule has 7 nitrogen and oxygen atoms in total. The zero-order chi connectivity index (χ0) is 15.0. The fourth-order valence-corrected chi connectivity index (χ4v) is 2.11. The van der Waals surface area contributed by atoms with Crippen molar-refractivity contribution in [3.8, 4) is 0 Å². The molecule has 0 aliphatic heterocycles. The van der Waals surface area contributed by atoms with Crippen LogP contribution in [0.25, 0.3) is 0 Å². The molecule has 0 aliphatic rings. The molecular weight excluding hydrogens is 280 g/mol. The second-order valence-electron chi connectivity index (χ2n) is 4.32. The zero-order valence-electron chi connectivity index (χ0n) is 11.4. The molecule has 8 heteroatoms. The number of nitrogens with one attached hydrogen (secondary N) is 2. The number of hydrogen-bond acceptors (Lipinski definition) is 5. The molecule has 0 saturated heterocycles. The van der Waals surface area contributed by atoms with E-state index in [4.69, 9.17) is 5.14 Å². The Labute approximate surface area is 119 Å². The van der Waals surface area contributed by atoms with Crippen molar-refractivity contribution in [3.05, 3.63) is 24.0 Å². The summed E-state index contributed by atoms with van der Waals surface area (Å²) in [5, 5.41) is 10.7. The van der Waals surface area contributed by atoms with E-state index in [9.17, 15) is 13.2 Å². The lowest BCUT2D eigenvalue weighted by Gasteiger charge is -2.10. The van der Waals surface area contributed by atoms with E-state index >= 15 is 0 Å². The smallest absolute Gasteiger partial charge is 0.253 e. The number of rotatable bonds is 8. The number of primary sulfonamides is 1. The standard InChI is InChI=1S/C12H20N4O3S/c1-2-5-15-11-9-14-7-4-10(11)12(17)16-6-3-8-20(13,18)19/h4,7,9,15H,2-3,5-6,8H2,1H3,(H,16,17)(H2,13,18,19). The predicted molar refractivity (Wildman–Crippen MR) is 77.9 cm³/mol. The molecule has 0 spiro atoms. The van der Waals surface area contributed by atoms with Crippen molar-refractivity contribution in [3.63, 3.8) is 0 Å². The van der Waals surface area contributed by atoms with Crippen LogP contribution in [0.15, 0.2) is 18.5 Å². The van der Waals surface area contributed by atoms with Crippen LogP contribution in [-0.4, -0.2) is 38.2 Å². The highest BCUT2D eigenvalue weighted by molar-refractivity contribution is 7.89. The lowest BCUT2D eigenvalue weighted by molar-refractivity contribution is 0.0954. The van der Waals surface area contributed by atoms with Crippen LogP contribution in [0.5, 0.6) is 0 Å². The molecule has 0 atom stereocenters. The van der Waals surface area contributed by atoms with Gasteiger partial charge in [0.1, 0.15) is 0 Å². The van der Waals surface area contributed by atoms with Crippen LogP contribution >= 0.6 is 0 Å². The van der Waals surface area contributed by atoms with E-state index in [1.807, 2.05) is 6.92 Å². The normalized spacial score (nSPS) is 11.1. The number of carbonyl (C=O) groups excluding carboxylic acids is 1. The van der Waals surface area contributed by atoms with Gasteiger partial charge in [-0.3, -0.25) is 9.78 Å². The quantitative estimate of drug-likeness (QED) is 0.598. The van der Waals surface area contributed by atoms with Crippen LogP contribution in [0.4, 0.5) is 5.69 Å². The van der Waals surface area contributed by atoms with Crippen molar-refractivity contribution in [1.82, 2.24) is 10.3 Å². The number of anilines is 1. The van der Waals surface area contributed by atoms with Crippen molar-refractivity contribution in [2.24, 2.45) is 5.14 Å². The molecule has 0 aromatic carbocycles. The van der Waals surface area contributed by atoms with Gasteiger partial charge in [-0.15, -0.1) is 0 Å². The van der Waals surface area contributed by atoms with Gasteiger partial charge in [0.05, 0.1) is 23.2 Å². The summed E-state index contributed by atoms with van der Waals surface area (Å²) in [6, 6.07) is 1.62. The van der Waals surface area contributed by atoms with Crippen LogP contribution in [-0.2, 0) is 10.0 Å². The summed E-state index contributed by atoms with van der Waals surface area (Å²) in [6.07, 6.45) is 4.35. The molecule has 1 aromatic heterocycles. The second kappa shape index (κ2) is 7.81. The summed E-state index contributed by atoms with van der Waals surface area (Å²) in [7, 11) is -3.48. The number of hydrogen-bond donors (Lipinski definition) is 3. The molecule has 0 radical (unpaired) electrons. The van der Waals surface area contributed by atoms with Gasteiger partial charge in [0.15, 0.2) is 0 Å². The van der Waals surface area contributed by atoms with Gasteiger partial charge in [0, 0.05) is 19.3 Å². The predicted octanol–water partition coefficient (Wildman–Crippen LogP) is 0.312. The number of amides is 1. The van der Waals surface area contributed by atoms with Gasteiger partial charge in [-0.05, 0) is 18.9 Å². The van der Waals surface area contributed by atoms with E-state index < -0.39 is 10.0 Å². The topological polar surface area (TPSA) is 114 Å². The molecule has 0 fully saturated rings. The maximum atomic E-state index is 12.0. The van der Waals surface area contributed by atoms with Crippen molar-refractivity contribution in [1.29, 1.82) is 0 Å². The van der Waals surface area contributed by atoms with E-state index in [1.165, 1.54) is 6.20 Å². The Balaban J connectivity index is 2.54. The highest BCUT2D eigenvalue weighted by Gasteiger charge is 2.11. The van der Waals surface area contributed by atoms with Crippen molar-refractivity contribution < 1.29 is 13.2 Å². The number of pyridine rings is 1. The highest BCUT2D eigenvalue weighted by atomic mass is 32.2. The Morgan fingerprint density at radius 1 is 1.40 bits per heavy atom. The molecular formula is C12H20N4O3S. The Morgan fingerprint density at radius 2 is 2.15 bits per heavy atom. The van der Waals surface area contributed by atoms with Crippen molar-refractivity contribution >= 4 is 21.6 Å². The summed E-state index contributed by atoms with van der Waals surface area (Å²) in [5.41, 5.74) is 1.15. The summed E-state index contributed by atoms with van der Waals surface area (Å²) >= 11 is 0. The largest absolute Gasteiger partial charge is 0.383 e. The maximum Gasteiger partial charge on any atom is 0.253 e. The van der Waals surface area contributed by atoms with Gasteiger partial charge < -0.3 is 10.6 Å². The van der Waals surface area contributed by atoms with Gasteiger partial charge in [-0.25, -0.2) is 13.6 Å². The Hall–Kier alpha value is -1.67. The third-order valence-corrected chi connectivity index (χ3v) is 3.38. The first-order valence-electron chi connectivity index (χ1n) is 6.40. The Kier molecular flexibility index (Phi) is 6.40. The monoisotopic (exact) mass is 300 g/mol. The van der Waals surface area contributed by atoms with Gasteiger partial charge in [-0.2, -0.15) is 0 Å². The Bertz CT molecular complexity index is 545. The first-order chi connectivity index (χ1) is 9.44. The number of sulfonamides is 1. The number of aromatic nitrogens is 1. The molecule has 0 saturated carbocycles. The van der Waals surface area contributed by atoms with E-state index in [1.54, 1.807) is 12.3 Å². The molecule has 0 aliphatic carbocycles. The minimum atomic E-state index is -3.48. The average Bonchev–Trinajstić information content (AvgIpc) is 2.40. The number of nitrogens with zero attached hydrogens (tertiary/aromatic N) is 1. The van der Waals surface area contributed by atoms with E-state index in [2.05, 4.69) is 15.6 Å². The molecule has 4 N–H and O–H groups in total. The third-order valence-electron chi connectivity index (χ3n) is 2.52. The van der Waals surface area contributed by atoms with E-state index in [0.717, 1.165) is 13.0 Å². The van der Waals surface area contributed by atoms with Gasteiger partial charge in [0.25, 0.3) is 5.91 Å². The summed E-state index contributed by atoms with van der Waals surface area (Å²) in [4.78, 5) is 16.0. The molecule has 1 rings (SSSR count). The molecule has 20 heavy (non-hydrogen) atoms. The highest BCUT2D eigenvalue weighted by Crippen LogP contribution is 2.13. The van der Waals surface area contributed by atoms with E-state index in [-0.39, 0.29) is 24.6 Å². The first-order valence-corrected chi connectivity index (χ1v) is 8.12. The fourth-order valence-electron chi connectivity index (χ4n) is 1.56. The van der Waals surface area contributed by atoms with Crippen LogP contribution < -0.4 is 15.8 Å². The molecule has 0 unspecified atom stereocenters. The van der Waals surface area contributed by atoms with Crippen LogP contribution in [0, 0.1) is 0 Å². The number of carbonyl (C=O) groups is 1. The van der Waals surface area contributed by atoms with Gasteiger partial charge >= 0.3 is 0 Å². The van der Waals surface area contributed by atoms with E-state index in [0.29, 0.717) is 11.3 Å². The molecule has 0 bridgehead atoms. The lowest BCUT2D eigenvalue weighted by atomic mass is 10.2. The first kappa shape index (κ1) is 16.4. The van der Waals surface area contributed by atoms with Gasteiger partial charge in [-0.1, -0.05) is 6.92 Å². The molecule has 1 heterocycles. The number of nitrogens with two attached hydrogens (primary N) is 1. The van der Waals surface area contributed by atoms with Crippen LogP contribution in [0.3, 0.4) is 0 Å². The Morgan fingerprint density at radius 3 is 2.80 bits per heavy atom. The van der Waals surface area contributed by atoms with Crippen molar-refractivity contribution in [2.45, 2.75) is 19.8 Å². The third kappa shape index (κ3) is 5.98. The minimum absolute atomic E-state index is 0.148. The minimum Gasteiger partial charge on any atom is -0.383 e. The SMILES string of the molecule is CCCNc1cnccc1C(=O)NCCCS(N)(=O)=O. The molecule has 112 valence electrons. The average molecular weight is 300 g/mol. The van der Waals surface area contributed by atoms with Gasteiger partial charge in [0.2, 0.25) is 10.0 Å². The summed E-state index contributed by atoms with van der Waals surface area (Å²) < 4.78 is 21.5. The zero-order valence-corrected chi connectivity index (χ0v) is 12.2. The second-order valence-corrected chi connectivity index (χ2v) is 6.06. The summed E-state index contributed by atoms with van der Waals surface area (Å²) in [5.74, 6) is -0.412. The van der Waals surface area contributed by atoms with Crippen molar-refractivity contribution in [2.75, 3.05) is 24.2 Å². The molecule has 1 aromatic rings. The summed E-state index contributed by atoms with van der Waals surface area (Å²) in [6.45, 7) is 3.03. The fraction of sp³-hybridized carbons (Fsp3) is 0.500. The van der Waals surface area contributed by atoms with Crippen LogP contribution in [0.2, 0.25) is 0 Å². The maximum absolute atomic E-state index is 12.0.